The van der Waals surface area contributed by atoms with Gasteiger partial charge in [-0.15, -0.1) is 0 Å². The van der Waals surface area contributed by atoms with Gasteiger partial charge in [-0.3, -0.25) is 14.9 Å². The number of carbonyl (C=O) groups is 4. The molecular formula is C26H23N3O5. The highest BCUT2D eigenvalue weighted by molar-refractivity contribution is 6.39. The Balaban J connectivity index is 1.75. The van der Waals surface area contributed by atoms with Gasteiger partial charge in [0.2, 0.25) is 0 Å². The number of rotatable bonds is 4. The summed E-state index contributed by atoms with van der Waals surface area (Å²) in [6, 6.07) is 14.8. The van der Waals surface area contributed by atoms with Crippen molar-refractivity contribution in [1.29, 1.82) is 0 Å². The first-order valence-corrected chi connectivity index (χ1v) is 10.6. The molecule has 0 bridgehead atoms. The highest BCUT2D eigenvalue weighted by Gasteiger charge is 2.37. The second kappa shape index (κ2) is 8.82. The number of ether oxygens (including phenoxy) is 1. The minimum absolute atomic E-state index is 0.138. The average molecular weight is 457 g/mol. The first-order valence-electron chi connectivity index (χ1n) is 10.6. The van der Waals surface area contributed by atoms with E-state index in [1.54, 1.807) is 42.5 Å². The zero-order valence-electron chi connectivity index (χ0n) is 19.2. The van der Waals surface area contributed by atoms with E-state index in [4.69, 9.17) is 4.74 Å². The van der Waals surface area contributed by atoms with Gasteiger partial charge < -0.3 is 9.30 Å². The Hall–Kier alpha value is -4.46. The third kappa shape index (κ3) is 3.90. The van der Waals surface area contributed by atoms with E-state index in [1.165, 1.54) is 13.2 Å². The van der Waals surface area contributed by atoms with Crippen LogP contribution in [0.15, 0.2) is 60.2 Å². The Morgan fingerprint density at radius 3 is 2.32 bits per heavy atom. The Labute approximate surface area is 196 Å². The molecule has 8 nitrogen and oxygen atoms in total. The van der Waals surface area contributed by atoms with Gasteiger partial charge in [-0.2, -0.15) is 0 Å². The molecule has 0 saturated carbocycles. The van der Waals surface area contributed by atoms with E-state index in [2.05, 4.69) is 5.32 Å². The second-order valence-corrected chi connectivity index (χ2v) is 7.95. The number of aryl methyl sites for hydroxylation is 2. The number of nitrogens with one attached hydrogen (secondary N) is 1. The Morgan fingerprint density at radius 2 is 1.68 bits per heavy atom. The van der Waals surface area contributed by atoms with Crippen LogP contribution in [0.4, 0.5) is 10.5 Å². The molecule has 2 aromatic carbocycles. The van der Waals surface area contributed by atoms with Gasteiger partial charge in [0.25, 0.3) is 11.8 Å². The molecule has 0 aliphatic carbocycles. The van der Waals surface area contributed by atoms with Crippen LogP contribution in [-0.2, 0) is 14.3 Å². The molecule has 1 aromatic heterocycles. The van der Waals surface area contributed by atoms with Gasteiger partial charge in [0, 0.05) is 17.1 Å². The summed E-state index contributed by atoms with van der Waals surface area (Å²) in [5, 5.41) is 2.24. The molecule has 3 aromatic rings. The summed E-state index contributed by atoms with van der Waals surface area (Å²) in [6.07, 6.45) is 1.50. The number of esters is 1. The predicted octanol–water partition coefficient (Wildman–Crippen LogP) is 3.86. The van der Waals surface area contributed by atoms with Crippen LogP contribution in [-0.4, -0.2) is 35.5 Å². The molecule has 34 heavy (non-hydrogen) atoms. The minimum Gasteiger partial charge on any atom is -0.465 e. The fourth-order valence-corrected chi connectivity index (χ4v) is 4.08. The summed E-state index contributed by atoms with van der Waals surface area (Å²) in [7, 11) is 1.33. The fraction of sp³-hybridized carbons (Fsp3) is 0.154. The highest BCUT2D eigenvalue weighted by Crippen LogP contribution is 2.27. The first kappa shape index (κ1) is 22.7. The maximum absolute atomic E-state index is 13.1. The van der Waals surface area contributed by atoms with E-state index in [0.717, 1.165) is 27.5 Å². The lowest BCUT2D eigenvalue weighted by atomic mass is 10.1. The quantitative estimate of drug-likeness (QED) is 0.365. The largest absolute Gasteiger partial charge is 0.465 e. The van der Waals surface area contributed by atoms with Crippen LogP contribution in [0, 0.1) is 20.8 Å². The van der Waals surface area contributed by atoms with Gasteiger partial charge in [0.15, 0.2) is 0 Å². The fourth-order valence-electron chi connectivity index (χ4n) is 4.08. The number of anilines is 1. The molecule has 1 aliphatic rings. The molecule has 1 saturated heterocycles. The Morgan fingerprint density at radius 1 is 0.971 bits per heavy atom. The average Bonchev–Trinajstić information content (AvgIpc) is 3.09. The summed E-state index contributed by atoms with van der Waals surface area (Å²) >= 11 is 0. The highest BCUT2D eigenvalue weighted by atomic mass is 16.5. The molecule has 172 valence electrons. The molecule has 8 heteroatoms. The van der Waals surface area contributed by atoms with Crippen LogP contribution in [0.1, 0.15) is 32.9 Å². The van der Waals surface area contributed by atoms with Crippen molar-refractivity contribution >= 4 is 35.6 Å². The lowest BCUT2D eigenvalue weighted by Gasteiger charge is -2.26. The number of para-hydroxylation sites is 1. The summed E-state index contributed by atoms with van der Waals surface area (Å²) in [5.74, 6) is -1.85. The van der Waals surface area contributed by atoms with Crippen molar-refractivity contribution in [2.24, 2.45) is 0 Å². The van der Waals surface area contributed by atoms with Crippen molar-refractivity contribution in [3.05, 3.63) is 88.2 Å². The van der Waals surface area contributed by atoms with Gasteiger partial charge in [0.05, 0.1) is 18.4 Å². The molecule has 1 N–H and O–H groups in total. The molecule has 0 atom stereocenters. The van der Waals surface area contributed by atoms with Crippen molar-refractivity contribution in [2.75, 3.05) is 12.0 Å². The number of carbonyl (C=O) groups excluding carboxylic acids is 4. The smallest absolute Gasteiger partial charge is 0.337 e. The molecule has 1 fully saturated rings. The summed E-state index contributed by atoms with van der Waals surface area (Å²) in [6.45, 7) is 5.67. The van der Waals surface area contributed by atoms with E-state index in [1.807, 2.05) is 37.5 Å². The number of amides is 4. The summed E-state index contributed by atoms with van der Waals surface area (Å²) < 4.78 is 6.77. The van der Waals surface area contributed by atoms with Gasteiger partial charge in [-0.1, -0.05) is 18.2 Å². The Kier molecular flexibility index (Phi) is 5.89. The number of hydrogen-bond donors (Lipinski definition) is 1. The lowest BCUT2D eigenvalue weighted by Crippen LogP contribution is -2.54. The van der Waals surface area contributed by atoms with Crippen molar-refractivity contribution in [1.82, 2.24) is 9.88 Å². The maximum atomic E-state index is 13.1. The van der Waals surface area contributed by atoms with Crippen LogP contribution in [0.3, 0.4) is 0 Å². The first-order chi connectivity index (χ1) is 16.2. The Bertz CT molecular complexity index is 1370. The standard InChI is InChI=1S/C26H23N3O5/c1-15-12-18(25(32)34-4)10-11-22(15)28-16(2)13-19(17(28)3)14-21-23(30)27-26(33)29(24(21)31)20-8-6-5-7-9-20/h5-14H,1-4H3,(H,27,30,33)/b21-14+. The van der Waals surface area contributed by atoms with Crippen LogP contribution >= 0.6 is 0 Å². The van der Waals surface area contributed by atoms with E-state index in [0.29, 0.717) is 16.8 Å². The number of nitrogens with zero attached hydrogens (tertiary/aromatic N) is 2. The molecule has 2 heterocycles. The molecule has 4 amide bonds. The molecule has 0 radical (unpaired) electrons. The third-order valence-electron chi connectivity index (χ3n) is 5.74. The molecule has 0 unspecified atom stereocenters. The van der Waals surface area contributed by atoms with Crippen LogP contribution in [0.25, 0.3) is 11.8 Å². The summed E-state index contributed by atoms with van der Waals surface area (Å²) in [4.78, 5) is 50.9. The van der Waals surface area contributed by atoms with E-state index in [9.17, 15) is 19.2 Å². The van der Waals surface area contributed by atoms with Gasteiger partial charge in [-0.05, 0) is 74.4 Å². The topological polar surface area (TPSA) is 97.7 Å². The van der Waals surface area contributed by atoms with Crippen molar-refractivity contribution < 1.29 is 23.9 Å². The van der Waals surface area contributed by atoms with E-state index in [-0.39, 0.29) is 5.57 Å². The number of hydrogen-bond acceptors (Lipinski definition) is 5. The third-order valence-corrected chi connectivity index (χ3v) is 5.74. The minimum atomic E-state index is -0.787. The number of methoxy groups -OCH3 is 1. The van der Waals surface area contributed by atoms with Crippen LogP contribution in [0.5, 0.6) is 0 Å². The maximum Gasteiger partial charge on any atom is 0.337 e. The zero-order chi connectivity index (χ0) is 24.6. The normalized spacial score (nSPS) is 15.0. The number of benzene rings is 2. The molecule has 4 rings (SSSR count). The monoisotopic (exact) mass is 457 g/mol. The SMILES string of the molecule is COC(=O)c1ccc(-n2c(C)cc(/C=C3\C(=O)NC(=O)N(c4ccccc4)C3=O)c2C)c(C)c1. The number of aromatic nitrogens is 1. The zero-order valence-corrected chi connectivity index (χ0v) is 19.2. The number of imide groups is 2. The van der Waals surface area contributed by atoms with Crippen molar-refractivity contribution in [3.8, 4) is 5.69 Å². The summed E-state index contributed by atoms with van der Waals surface area (Å²) in [5.41, 5.74) is 4.72. The van der Waals surface area contributed by atoms with Crippen molar-refractivity contribution in [2.45, 2.75) is 20.8 Å². The molecule has 0 spiro atoms. The van der Waals surface area contributed by atoms with Gasteiger partial charge in [-0.25, -0.2) is 14.5 Å². The van der Waals surface area contributed by atoms with Gasteiger partial charge in [0.1, 0.15) is 5.57 Å². The van der Waals surface area contributed by atoms with E-state index < -0.39 is 23.8 Å². The second-order valence-electron chi connectivity index (χ2n) is 7.95. The number of barbiturate groups is 1. The van der Waals surface area contributed by atoms with E-state index >= 15 is 0 Å². The molecular weight excluding hydrogens is 434 g/mol. The lowest BCUT2D eigenvalue weighted by molar-refractivity contribution is -0.122. The van der Waals surface area contributed by atoms with Crippen LogP contribution in [0.2, 0.25) is 0 Å². The van der Waals surface area contributed by atoms with Gasteiger partial charge >= 0.3 is 12.0 Å². The number of urea groups is 1. The molecule has 1 aliphatic heterocycles. The van der Waals surface area contributed by atoms with Crippen LogP contribution < -0.4 is 10.2 Å². The predicted molar refractivity (Wildman–Crippen MR) is 127 cm³/mol. The van der Waals surface area contributed by atoms with Crippen molar-refractivity contribution in [3.63, 3.8) is 0 Å².